The zero-order chi connectivity index (χ0) is 13.7. The molecule has 4 nitrogen and oxygen atoms in total. The van der Waals surface area contributed by atoms with Crippen LogP contribution in [-0.4, -0.2) is 63.5 Å². The first-order chi connectivity index (χ1) is 9.23. The van der Waals surface area contributed by atoms with Crippen LogP contribution in [0, 0.1) is 5.41 Å². The van der Waals surface area contributed by atoms with E-state index in [9.17, 15) is 0 Å². The van der Waals surface area contributed by atoms with Crippen molar-refractivity contribution in [2.75, 3.05) is 46.6 Å². The van der Waals surface area contributed by atoms with Crippen LogP contribution in [0.4, 0.5) is 0 Å². The average molecular weight is 270 g/mol. The molecule has 3 atom stereocenters. The molecule has 0 aromatic heterocycles. The van der Waals surface area contributed by atoms with Gasteiger partial charge in [0, 0.05) is 50.4 Å². The Morgan fingerprint density at radius 3 is 3.00 bits per heavy atom. The lowest BCUT2D eigenvalue weighted by molar-refractivity contribution is 0.108. The SMILES string of the molecule is CCOCCC1(CNC)CC1N1CCOCCC1C. The van der Waals surface area contributed by atoms with Gasteiger partial charge >= 0.3 is 0 Å². The largest absolute Gasteiger partial charge is 0.382 e. The van der Waals surface area contributed by atoms with Gasteiger partial charge in [-0.1, -0.05) is 0 Å². The van der Waals surface area contributed by atoms with Crippen LogP contribution in [0.5, 0.6) is 0 Å². The molecule has 1 saturated carbocycles. The minimum atomic E-state index is 0.433. The van der Waals surface area contributed by atoms with E-state index in [4.69, 9.17) is 9.47 Å². The van der Waals surface area contributed by atoms with Gasteiger partial charge < -0.3 is 14.8 Å². The first kappa shape index (κ1) is 15.2. The predicted molar refractivity (Wildman–Crippen MR) is 77.5 cm³/mol. The van der Waals surface area contributed by atoms with Crippen LogP contribution in [0.3, 0.4) is 0 Å². The average Bonchev–Trinajstić information content (AvgIpc) is 3.11. The lowest BCUT2D eigenvalue weighted by atomic mass is 10.0. The summed E-state index contributed by atoms with van der Waals surface area (Å²) in [7, 11) is 2.06. The van der Waals surface area contributed by atoms with Gasteiger partial charge in [0.15, 0.2) is 0 Å². The third-order valence-electron chi connectivity index (χ3n) is 4.76. The minimum Gasteiger partial charge on any atom is -0.382 e. The quantitative estimate of drug-likeness (QED) is 0.711. The molecule has 1 N–H and O–H groups in total. The predicted octanol–water partition coefficient (Wildman–Crippen LogP) is 1.50. The van der Waals surface area contributed by atoms with Crippen molar-refractivity contribution >= 4 is 0 Å². The fraction of sp³-hybridized carbons (Fsp3) is 1.00. The second kappa shape index (κ2) is 7.02. The van der Waals surface area contributed by atoms with E-state index >= 15 is 0 Å². The van der Waals surface area contributed by atoms with Gasteiger partial charge in [0.05, 0.1) is 6.61 Å². The summed E-state index contributed by atoms with van der Waals surface area (Å²) in [6, 6.07) is 1.37. The minimum absolute atomic E-state index is 0.433. The smallest absolute Gasteiger partial charge is 0.0593 e. The van der Waals surface area contributed by atoms with Crippen LogP contribution in [0.2, 0.25) is 0 Å². The molecule has 19 heavy (non-hydrogen) atoms. The number of hydrogen-bond acceptors (Lipinski definition) is 4. The topological polar surface area (TPSA) is 33.7 Å². The van der Waals surface area contributed by atoms with Crippen LogP contribution < -0.4 is 5.32 Å². The number of ether oxygens (including phenoxy) is 2. The molecule has 2 aliphatic rings. The van der Waals surface area contributed by atoms with Crippen molar-refractivity contribution in [2.45, 2.75) is 45.2 Å². The number of nitrogens with one attached hydrogen (secondary N) is 1. The molecule has 4 heteroatoms. The number of rotatable bonds is 7. The summed E-state index contributed by atoms with van der Waals surface area (Å²) in [5.74, 6) is 0. The highest BCUT2D eigenvalue weighted by Crippen LogP contribution is 2.52. The van der Waals surface area contributed by atoms with Gasteiger partial charge in [-0.05, 0) is 40.2 Å². The van der Waals surface area contributed by atoms with Crippen molar-refractivity contribution in [1.29, 1.82) is 0 Å². The van der Waals surface area contributed by atoms with E-state index in [2.05, 4.69) is 31.1 Å². The van der Waals surface area contributed by atoms with Gasteiger partial charge in [0.2, 0.25) is 0 Å². The van der Waals surface area contributed by atoms with Gasteiger partial charge in [-0.3, -0.25) is 4.90 Å². The van der Waals surface area contributed by atoms with E-state index in [1.54, 1.807) is 0 Å². The standard InChI is InChI=1S/C15H30N2O2/c1-4-18-9-6-15(12-16-3)11-14(15)17-7-10-19-8-5-13(17)2/h13-14,16H,4-12H2,1-3H3. The summed E-state index contributed by atoms with van der Waals surface area (Å²) in [4.78, 5) is 2.68. The Hall–Kier alpha value is -0.160. The number of hydrogen-bond donors (Lipinski definition) is 1. The van der Waals surface area contributed by atoms with Gasteiger partial charge in [-0.25, -0.2) is 0 Å². The monoisotopic (exact) mass is 270 g/mol. The normalized spacial score (nSPS) is 36.2. The Morgan fingerprint density at radius 2 is 2.26 bits per heavy atom. The summed E-state index contributed by atoms with van der Waals surface area (Å²) < 4.78 is 11.2. The zero-order valence-corrected chi connectivity index (χ0v) is 12.8. The van der Waals surface area contributed by atoms with Crippen molar-refractivity contribution in [1.82, 2.24) is 10.2 Å². The summed E-state index contributed by atoms with van der Waals surface area (Å²) >= 11 is 0. The molecule has 3 unspecified atom stereocenters. The molecule has 0 amide bonds. The fourth-order valence-corrected chi connectivity index (χ4v) is 3.49. The lowest BCUT2D eigenvalue weighted by Gasteiger charge is -2.30. The molecule has 0 bridgehead atoms. The molecule has 2 rings (SSSR count). The highest BCUT2D eigenvalue weighted by molar-refractivity contribution is 5.10. The molecule has 0 aromatic rings. The van der Waals surface area contributed by atoms with E-state index in [0.717, 1.165) is 52.0 Å². The van der Waals surface area contributed by atoms with Crippen LogP contribution in [0.25, 0.3) is 0 Å². The Balaban J connectivity index is 1.92. The zero-order valence-electron chi connectivity index (χ0n) is 12.8. The van der Waals surface area contributed by atoms with Crippen molar-refractivity contribution in [3.8, 4) is 0 Å². The third-order valence-corrected chi connectivity index (χ3v) is 4.76. The highest BCUT2D eigenvalue weighted by atomic mass is 16.5. The van der Waals surface area contributed by atoms with E-state index in [0.29, 0.717) is 11.5 Å². The second-order valence-electron chi connectivity index (χ2n) is 6.05. The highest BCUT2D eigenvalue weighted by Gasteiger charge is 2.56. The number of nitrogens with zero attached hydrogens (tertiary/aromatic N) is 1. The third kappa shape index (κ3) is 3.69. The van der Waals surface area contributed by atoms with Gasteiger partial charge in [-0.15, -0.1) is 0 Å². The van der Waals surface area contributed by atoms with Gasteiger partial charge in [-0.2, -0.15) is 0 Å². The summed E-state index contributed by atoms with van der Waals surface area (Å²) in [6.07, 6.45) is 3.65. The first-order valence-electron chi connectivity index (χ1n) is 7.79. The second-order valence-corrected chi connectivity index (χ2v) is 6.05. The van der Waals surface area contributed by atoms with Crippen molar-refractivity contribution < 1.29 is 9.47 Å². The van der Waals surface area contributed by atoms with Crippen molar-refractivity contribution in [2.24, 2.45) is 5.41 Å². The van der Waals surface area contributed by atoms with Crippen LogP contribution in [0.1, 0.15) is 33.1 Å². The van der Waals surface area contributed by atoms with E-state index in [1.807, 2.05) is 0 Å². The Bertz CT molecular complexity index is 275. The van der Waals surface area contributed by atoms with Crippen molar-refractivity contribution in [3.05, 3.63) is 0 Å². The molecular formula is C15H30N2O2. The molecule has 1 aliphatic heterocycles. The van der Waals surface area contributed by atoms with Crippen LogP contribution >= 0.6 is 0 Å². The van der Waals surface area contributed by atoms with E-state index in [1.165, 1.54) is 12.8 Å². The maximum atomic E-state index is 5.62. The lowest BCUT2D eigenvalue weighted by Crippen LogP contribution is -2.40. The molecule has 1 saturated heterocycles. The molecule has 1 aliphatic carbocycles. The Morgan fingerprint density at radius 1 is 1.42 bits per heavy atom. The fourth-order valence-electron chi connectivity index (χ4n) is 3.49. The molecule has 112 valence electrons. The molecule has 0 aromatic carbocycles. The molecule has 0 spiro atoms. The van der Waals surface area contributed by atoms with Crippen molar-refractivity contribution in [3.63, 3.8) is 0 Å². The van der Waals surface area contributed by atoms with Crippen LogP contribution in [-0.2, 0) is 9.47 Å². The van der Waals surface area contributed by atoms with E-state index < -0.39 is 0 Å². The first-order valence-corrected chi connectivity index (χ1v) is 7.79. The molecule has 2 fully saturated rings. The maximum Gasteiger partial charge on any atom is 0.0593 e. The molecular weight excluding hydrogens is 240 g/mol. The van der Waals surface area contributed by atoms with E-state index in [-0.39, 0.29) is 0 Å². The summed E-state index contributed by atoms with van der Waals surface area (Å²) in [6.45, 7) is 10.1. The van der Waals surface area contributed by atoms with Gasteiger partial charge in [0.25, 0.3) is 0 Å². The summed E-state index contributed by atoms with van der Waals surface area (Å²) in [5, 5.41) is 3.38. The Kier molecular flexibility index (Phi) is 5.63. The van der Waals surface area contributed by atoms with Gasteiger partial charge in [0.1, 0.15) is 0 Å². The summed E-state index contributed by atoms with van der Waals surface area (Å²) in [5.41, 5.74) is 0.433. The molecule has 0 radical (unpaired) electrons. The Labute approximate surface area is 117 Å². The van der Waals surface area contributed by atoms with Crippen LogP contribution in [0.15, 0.2) is 0 Å². The maximum absolute atomic E-state index is 5.62. The molecule has 1 heterocycles.